The maximum absolute atomic E-state index is 12.2. The van der Waals surface area contributed by atoms with Gasteiger partial charge in [0.2, 0.25) is 0 Å². The first-order valence-corrected chi connectivity index (χ1v) is 11.6. The Labute approximate surface area is 198 Å². The van der Waals surface area contributed by atoms with Crippen molar-refractivity contribution in [2.45, 2.75) is 30.3 Å². The van der Waals surface area contributed by atoms with E-state index in [1.807, 2.05) is 30.5 Å². The van der Waals surface area contributed by atoms with E-state index in [9.17, 15) is 9.59 Å². The number of methoxy groups -OCH3 is 1. The van der Waals surface area contributed by atoms with E-state index >= 15 is 0 Å². The normalized spacial score (nSPS) is 14.5. The smallest absolute Gasteiger partial charge is 0.251 e. The number of hydrogen-bond donors (Lipinski definition) is 2. The number of fused-ring (bicyclic) bond motifs is 1. The summed E-state index contributed by atoms with van der Waals surface area (Å²) in [5.41, 5.74) is 4.52. The van der Waals surface area contributed by atoms with Crippen molar-refractivity contribution in [2.75, 3.05) is 34.4 Å². The minimum Gasteiger partial charge on any atom is -0.400 e. The predicted octanol–water partition coefficient (Wildman–Crippen LogP) is 2.83. The van der Waals surface area contributed by atoms with Gasteiger partial charge in [-0.1, -0.05) is 6.07 Å². The van der Waals surface area contributed by atoms with Crippen LogP contribution < -0.4 is 5.32 Å². The number of carbonyl (C=O) groups excluding carboxylic acids is 2. The minimum atomic E-state index is -0.106. The van der Waals surface area contributed by atoms with E-state index in [-0.39, 0.29) is 5.91 Å². The molecule has 3 aromatic rings. The second kappa shape index (κ2) is 11.9. The van der Waals surface area contributed by atoms with Crippen LogP contribution in [-0.2, 0) is 16.0 Å². The number of piperidine rings is 1. The molecule has 33 heavy (non-hydrogen) atoms. The molecule has 2 N–H and O–H groups in total. The number of benzene rings is 1. The van der Waals surface area contributed by atoms with E-state index in [2.05, 4.69) is 20.8 Å². The molecule has 176 valence electrons. The molecule has 0 radical (unpaired) electrons. The molecule has 0 atom stereocenters. The van der Waals surface area contributed by atoms with Crippen molar-refractivity contribution in [1.82, 2.24) is 19.2 Å². The summed E-state index contributed by atoms with van der Waals surface area (Å²) in [6, 6.07) is 9.87. The number of aldehydes is 1. The number of aromatic nitrogens is 2. The molecule has 0 unspecified atom stereocenters. The van der Waals surface area contributed by atoms with Crippen molar-refractivity contribution in [3.05, 3.63) is 53.9 Å². The van der Waals surface area contributed by atoms with Gasteiger partial charge >= 0.3 is 0 Å². The Morgan fingerprint density at radius 2 is 2.03 bits per heavy atom. The summed E-state index contributed by atoms with van der Waals surface area (Å²) in [6.45, 7) is 1.86. The van der Waals surface area contributed by atoms with E-state index in [1.165, 1.54) is 0 Å². The zero-order chi connectivity index (χ0) is 23.8. The summed E-state index contributed by atoms with van der Waals surface area (Å²) in [5.74, 6) is -0.106. The molecule has 0 spiro atoms. The number of nitrogens with one attached hydrogen (secondary N) is 1. The number of nitrogens with zero attached hydrogens (tertiary/aromatic N) is 3. The molecule has 8 nitrogen and oxygen atoms in total. The largest absolute Gasteiger partial charge is 0.400 e. The van der Waals surface area contributed by atoms with Crippen molar-refractivity contribution in [1.29, 1.82) is 0 Å². The Morgan fingerprint density at radius 3 is 2.70 bits per heavy atom. The van der Waals surface area contributed by atoms with Crippen molar-refractivity contribution in [3.63, 3.8) is 0 Å². The van der Waals surface area contributed by atoms with Gasteiger partial charge in [-0.15, -0.1) is 0 Å². The van der Waals surface area contributed by atoms with Gasteiger partial charge in [-0.2, -0.15) is 5.10 Å². The van der Waals surface area contributed by atoms with E-state index in [4.69, 9.17) is 9.84 Å². The maximum Gasteiger partial charge on any atom is 0.251 e. The monoisotopic (exact) mass is 470 g/mol. The second-order valence-corrected chi connectivity index (χ2v) is 8.67. The number of aliphatic hydroxyl groups is 1. The van der Waals surface area contributed by atoms with Gasteiger partial charge in [-0.25, -0.2) is 8.82 Å². The third kappa shape index (κ3) is 5.80. The molecule has 9 heteroatoms. The molecule has 1 aliphatic rings. The first-order valence-electron chi connectivity index (χ1n) is 10.8. The van der Waals surface area contributed by atoms with Crippen molar-refractivity contribution in [2.24, 2.45) is 0 Å². The molecule has 0 aliphatic carbocycles. The highest BCUT2D eigenvalue weighted by Crippen LogP contribution is 2.36. The highest BCUT2D eigenvalue weighted by atomic mass is 32.2. The number of amides is 1. The molecule has 3 heterocycles. The summed E-state index contributed by atoms with van der Waals surface area (Å²) < 4.78 is 9.60. The van der Waals surface area contributed by atoms with E-state index in [1.54, 1.807) is 36.8 Å². The molecular weight excluding hydrogens is 440 g/mol. The Balaban J connectivity index is 0.00000149. The fourth-order valence-electron chi connectivity index (χ4n) is 3.87. The summed E-state index contributed by atoms with van der Waals surface area (Å²) in [6.07, 6.45) is 7.16. The Hall–Kier alpha value is -2.72. The van der Waals surface area contributed by atoms with Gasteiger partial charge in [0.15, 0.2) is 0 Å². The fraction of sp³-hybridized carbons (Fsp3) is 0.375. The van der Waals surface area contributed by atoms with E-state index in [0.29, 0.717) is 18.1 Å². The van der Waals surface area contributed by atoms with Gasteiger partial charge in [-0.05, 0) is 60.2 Å². The first-order chi connectivity index (χ1) is 16.1. The van der Waals surface area contributed by atoms with Crippen LogP contribution in [0.3, 0.4) is 0 Å². The van der Waals surface area contributed by atoms with Crippen LogP contribution in [0.2, 0.25) is 0 Å². The Morgan fingerprint density at radius 1 is 1.27 bits per heavy atom. The standard InChI is InChI=1S/C23H26N4O3S.CH4O/c1-24-23(29)17-3-4-20(22(14-17)31-26-9-6-19(30-2)7-10-26)16-5-11-27-21(13-16)18(8-12-28)15-25-27;1-2/h3-5,11-15,19H,6-10H2,1-2H3,(H,24,29);2H,1H3. The number of hydrogen-bond acceptors (Lipinski definition) is 7. The lowest BCUT2D eigenvalue weighted by atomic mass is 10.0. The summed E-state index contributed by atoms with van der Waals surface area (Å²) >= 11 is 1.68. The average molecular weight is 471 g/mol. The molecular formula is C24H30N4O4S. The summed E-state index contributed by atoms with van der Waals surface area (Å²) in [7, 11) is 4.41. The van der Waals surface area contributed by atoms with Crippen LogP contribution in [0.5, 0.6) is 0 Å². The van der Waals surface area contributed by atoms with Crippen molar-refractivity contribution < 1.29 is 19.4 Å². The Bertz CT molecular complexity index is 1090. The quantitative estimate of drug-likeness (QED) is 0.405. The summed E-state index contributed by atoms with van der Waals surface area (Å²) in [4.78, 5) is 24.3. The second-order valence-electron chi connectivity index (χ2n) is 7.53. The third-order valence-electron chi connectivity index (χ3n) is 5.65. The van der Waals surface area contributed by atoms with Crippen LogP contribution in [-0.4, -0.2) is 71.7 Å². The van der Waals surface area contributed by atoms with E-state index < -0.39 is 0 Å². The first kappa shape index (κ1) is 24.9. The number of ether oxygens (including phenoxy) is 1. The molecule has 1 fully saturated rings. The molecule has 0 saturated carbocycles. The number of carbonyl (C=O) groups is 2. The van der Waals surface area contributed by atoms with Crippen LogP contribution in [0.25, 0.3) is 16.6 Å². The van der Waals surface area contributed by atoms with Crippen LogP contribution in [0.4, 0.5) is 0 Å². The lowest BCUT2D eigenvalue weighted by molar-refractivity contribution is -0.107. The zero-order valence-electron chi connectivity index (χ0n) is 19.2. The molecule has 1 amide bonds. The van der Waals surface area contributed by atoms with Crippen molar-refractivity contribution >= 4 is 29.7 Å². The molecule has 1 saturated heterocycles. The SMILES string of the molecule is CNC(=O)c1ccc(-c2ccn3ncc(CC=O)c3c2)c(SN2CCC(OC)CC2)c1.CO. The van der Waals surface area contributed by atoms with Gasteiger partial charge < -0.3 is 20.0 Å². The predicted molar refractivity (Wildman–Crippen MR) is 129 cm³/mol. The minimum absolute atomic E-state index is 0.106. The van der Waals surface area contributed by atoms with Gasteiger partial charge in [0.1, 0.15) is 6.29 Å². The Kier molecular flexibility index (Phi) is 9.02. The molecule has 0 bridgehead atoms. The zero-order valence-corrected chi connectivity index (χ0v) is 20.0. The molecule has 2 aromatic heterocycles. The van der Waals surface area contributed by atoms with Crippen LogP contribution >= 0.6 is 11.9 Å². The van der Waals surface area contributed by atoms with Gasteiger partial charge in [0.05, 0.1) is 17.8 Å². The maximum atomic E-state index is 12.2. The lowest BCUT2D eigenvalue weighted by Gasteiger charge is -2.30. The van der Waals surface area contributed by atoms with Gasteiger partial charge in [-0.3, -0.25) is 4.79 Å². The fourth-order valence-corrected chi connectivity index (χ4v) is 5.00. The molecule has 1 aromatic carbocycles. The van der Waals surface area contributed by atoms with Crippen LogP contribution in [0.1, 0.15) is 28.8 Å². The van der Waals surface area contributed by atoms with Gasteiger partial charge in [0, 0.05) is 63.0 Å². The highest BCUT2D eigenvalue weighted by Gasteiger charge is 2.21. The summed E-state index contributed by atoms with van der Waals surface area (Å²) in [5, 5.41) is 14.0. The van der Waals surface area contributed by atoms with Crippen LogP contribution in [0, 0.1) is 0 Å². The number of rotatable bonds is 7. The third-order valence-corrected chi connectivity index (χ3v) is 6.81. The van der Waals surface area contributed by atoms with Crippen molar-refractivity contribution in [3.8, 4) is 11.1 Å². The number of pyridine rings is 1. The van der Waals surface area contributed by atoms with Crippen LogP contribution in [0.15, 0.2) is 47.6 Å². The van der Waals surface area contributed by atoms with E-state index in [0.717, 1.165) is 66.4 Å². The topological polar surface area (TPSA) is 96.2 Å². The number of aliphatic hydroxyl groups excluding tert-OH is 1. The molecule has 1 aliphatic heterocycles. The van der Waals surface area contributed by atoms with Gasteiger partial charge in [0.25, 0.3) is 5.91 Å². The lowest BCUT2D eigenvalue weighted by Crippen LogP contribution is -2.32. The molecule has 4 rings (SSSR count). The average Bonchev–Trinajstić information content (AvgIpc) is 3.27. The highest BCUT2D eigenvalue weighted by molar-refractivity contribution is 7.97.